The Kier molecular flexibility index (Phi) is 4.63. The molecule has 2 rings (SSSR count). The lowest BCUT2D eigenvalue weighted by Gasteiger charge is -2.25. The zero-order valence-corrected chi connectivity index (χ0v) is 13.5. The van der Waals surface area contributed by atoms with Crippen LogP contribution >= 0.6 is 0 Å². The summed E-state index contributed by atoms with van der Waals surface area (Å²) >= 11 is 0. The smallest absolute Gasteiger partial charge is 0.225 e. The fourth-order valence-corrected chi connectivity index (χ4v) is 2.64. The average Bonchev–Trinajstić information content (AvgIpc) is 2.89. The minimum atomic E-state index is 0.117. The fourth-order valence-electron chi connectivity index (χ4n) is 2.64. The van der Waals surface area contributed by atoms with Crippen LogP contribution in [0.2, 0.25) is 0 Å². The van der Waals surface area contributed by atoms with Gasteiger partial charge >= 0.3 is 0 Å². The largest absolute Gasteiger partial charge is 0.341 e. The summed E-state index contributed by atoms with van der Waals surface area (Å²) < 4.78 is 0. The molecule has 0 atom stereocenters. The first kappa shape index (κ1) is 15.2. The third-order valence-electron chi connectivity index (χ3n) is 4.07. The number of nitrogens with zero attached hydrogens (tertiary/aromatic N) is 3. The zero-order valence-electron chi connectivity index (χ0n) is 13.5. The van der Waals surface area contributed by atoms with E-state index >= 15 is 0 Å². The Hall–Kier alpha value is -1.16. The second-order valence-corrected chi connectivity index (χ2v) is 6.93. The van der Waals surface area contributed by atoms with Gasteiger partial charge in [0.05, 0.1) is 0 Å². The maximum Gasteiger partial charge on any atom is 0.225 e. The maximum atomic E-state index is 4.69. The number of hydrogen-bond acceptors (Lipinski definition) is 4. The first-order valence-electron chi connectivity index (χ1n) is 7.67. The number of anilines is 1. The Labute approximate surface area is 123 Å². The van der Waals surface area contributed by atoms with E-state index in [0.717, 1.165) is 18.2 Å². The van der Waals surface area contributed by atoms with Crippen molar-refractivity contribution in [3.05, 3.63) is 17.5 Å². The number of aryl methyl sites for hydroxylation is 1. The summed E-state index contributed by atoms with van der Waals surface area (Å²) in [6.07, 6.45) is 7.18. The lowest BCUT2D eigenvalue weighted by Crippen LogP contribution is -2.35. The lowest BCUT2D eigenvalue weighted by molar-refractivity contribution is 0.423. The van der Waals surface area contributed by atoms with E-state index in [2.05, 4.69) is 49.9 Å². The summed E-state index contributed by atoms with van der Waals surface area (Å²) in [5.41, 5.74) is 2.38. The van der Waals surface area contributed by atoms with Gasteiger partial charge in [0, 0.05) is 42.6 Å². The Morgan fingerprint density at radius 2 is 1.95 bits per heavy atom. The summed E-state index contributed by atoms with van der Waals surface area (Å²) in [4.78, 5) is 11.5. The van der Waals surface area contributed by atoms with E-state index in [1.165, 1.54) is 31.2 Å². The minimum Gasteiger partial charge on any atom is -0.341 e. The third-order valence-corrected chi connectivity index (χ3v) is 4.07. The molecule has 0 radical (unpaired) electrons. The van der Waals surface area contributed by atoms with Crippen molar-refractivity contribution in [3.8, 4) is 0 Å². The molecule has 1 saturated carbocycles. The van der Waals surface area contributed by atoms with Gasteiger partial charge in [-0.1, -0.05) is 12.8 Å². The molecule has 0 saturated heterocycles. The van der Waals surface area contributed by atoms with Crippen LogP contribution in [-0.4, -0.2) is 28.6 Å². The monoisotopic (exact) mass is 276 g/mol. The molecule has 1 heterocycles. The molecule has 4 nitrogen and oxygen atoms in total. The number of nitrogens with one attached hydrogen (secondary N) is 1. The molecule has 1 aliphatic rings. The van der Waals surface area contributed by atoms with E-state index in [1.807, 2.05) is 6.20 Å². The molecule has 1 aromatic heterocycles. The molecular formula is C16H28N4. The van der Waals surface area contributed by atoms with Crippen molar-refractivity contribution in [2.24, 2.45) is 0 Å². The van der Waals surface area contributed by atoms with Gasteiger partial charge in [0.2, 0.25) is 5.95 Å². The van der Waals surface area contributed by atoms with Crippen LogP contribution in [0, 0.1) is 6.92 Å². The number of hydrogen-bond donors (Lipinski definition) is 1. The van der Waals surface area contributed by atoms with Gasteiger partial charge in [-0.3, -0.25) is 0 Å². The van der Waals surface area contributed by atoms with Gasteiger partial charge in [0.25, 0.3) is 0 Å². The van der Waals surface area contributed by atoms with Crippen molar-refractivity contribution in [2.45, 2.75) is 71.5 Å². The molecule has 0 spiro atoms. The molecule has 0 unspecified atom stereocenters. The van der Waals surface area contributed by atoms with Crippen LogP contribution in [0.1, 0.15) is 57.7 Å². The van der Waals surface area contributed by atoms with Crippen LogP contribution in [0.4, 0.5) is 5.95 Å². The molecule has 0 aliphatic heterocycles. The summed E-state index contributed by atoms with van der Waals surface area (Å²) in [6, 6.07) is 0.618. The maximum absolute atomic E-state index is 4.69. The minimum absolute atomic E-state index is 0.117. The molecule has 0 bridgehead atoms. The molecule has 112 valence electrons. The van der Waals surface area contributed by atoms with E-state index in [4.69, 9.17) is 4.98 Å². The molecule has 1 fully saturated rings. The summed E-state index contributed by atoms with van der Waals surface area (Å²) in [5.74, 6) is 0.869. The third kappa shape index (κ3) is 3.92. The molecule has 4 heteroatoms. The number of rotatable bonds is 4. The first-order chi connectivity index (χ1) is 9.37. The van der Waals surface area contributed by atoms with Crippen molar-refractivity contribution in [1.29, 1.82) is 0 Å². The summed E-state index contributed by atoms with van der Waals surface area (Å²) in [5, 5.41) is 3.49. The summed E-state index contributed by atoms with van der Waals surface area (Å²) in [6.45, 7) is 9.42. The van der Waals surface area contributed by atoms with Crippen molar-refractivity contribution < 1.29 is 0 Å². The normalized spacial score (nSPS) is 16.6. The van der Waals surface area contributed by atoms with Crippen molar-refractivity contribution >= 4 is 5.95 Å². The first-order valence-corrected chi connectivity index (χ1v) is 7.67. The molecule has 1 N–H and O–H groups in total. The molecule has 0 aromatic carbocycles. The highest BCUT2D eigenvalue weighted by Gasteiger charge is 2.21. The highest BCUT2D eigenvalue weighted by molar-refractivity contribution is 5.33. The van der Waals surface area contributed by atoms with E-state index in [9.17, 15) is 0 Å². The van der Waals surface area contributed by atoms with Crippen LogP contribution < -0.4 is 10.2 Å². The van der Waals surface area contributed by atoms with Crippen molar-refractivity contribution in [3.63, 3.8) is 0 Å². The molecule has 1 aromatic rings. The Bertz CT molecular complexity index is 444. The quantitative estimate of drug-likeness (QED) is 0.917. The average molecular weight is 276 g/mol. The SMILES string of the molecule is Cc1nc(N(C)C2CCCC2)ncc1CNC(C)(C)C. The van der Waals surface area contributed by atoms with Gasteiger partial charge in [-0.25, -0.2) is 9.97 Å². The van der Waals surface area contributed by atoms with Crippen molar-refractivity contribution in [2.75, 3.05) is 11.9 Å². The van der Waals surface area contributed by atoms with Gasteiger partial charge in [-0.15, -0.1) is 0 Å². The highest BCUT2D eigenvalue weighted by atomic mass is 15.3. The van der Waals surface area contributed by atoms with Crippen LogP contribution in [-0.2, 0) is 6.54 Å². The van der Waals surface area contributed by atoms with Gasteiger partial charge < -0.3 is 10.2 Å². The van der Waals surface area contributed by atoms with E-state index in [-0.39, 0.29) is 5.54 Å². The molecule has 20 heavy (non-hydrogen) atoms. The van der Waals surface area contributed by atoms with Crippen LogP contribution in [0.3, 0.4) is 0 Å². The number of aromatic nitrogens is 2. The van der Waals surface area contributed by atoms with Gasteiger partial charge in [-0.2, -0.15) is 0 Å². The molecular weight excluding hydrogens is 248 g/mol. The zero-order chi connectivity index (χ0) is 14.8. The van der Waals surface area contributed by atoms with E-state index in [0.29, 0.717) is 6.04 Å². The van der Waals surface area contributed by atoms with E-state index in [1.54, 1.807) is 0 Å². The van der Waals surface area contributed by atoms with Gasteiger partial charge in [0.15, 0.2) is 0 Å². The van der Waals surface area contributed by atoms with Crippen molar-refractivity contribution in [1.82, 2.24) is 15.3 Å². The predicted octanol–water partition coefficient (Wildman–Crippen LogP) is 3.05. The second-order valence-electron chi connectivity index (χ2n) is 6.93. The van der Waals surface area contributed by atoms with Gasteiger partial charge in [0.1, 0.15) is 0 Å². The van der Waals surface area contributed by atoms with Crippen LogP contribution in [0.15, 0.2) is 6.20 Å². The van der Waals surface area contributed by atoms with Crippen LogP contribution in [0.25, 0.3) is 0 Å². The summed E-state index contributed by atoms with van der Waals surface area (Å²) in [7, 11) is 2.12. The Morgan fingerprint density at radius 1 is 1.30 bits per heavy atom. The molecule has 1 aliphatic carbocycles. The second kappa shape index (κ2) is 6.08. The van der Waals surface area contributed by atoms with Gasteiger partial charge in [-0.05, 0) is 40.5 Å². The Balaban J connectivity index is 2.05. The topological polar surface area (TPSA) is 41.1 Å². The highest BCUT2D eigenvalue weighted by Crippen LogP contribution is 2.25. The standard InChI is InChI=1S/C16H28N4/c1-12-13(11-18-16(2,3)4)10-17-15(19-12)20(5)14-8-6-7-9-14/h10,14,18H,6-9,11H2,1-5H3. The predicted molar refractivity (Wildman–Crippen MR) is 84.0 cm³/mol. The lowest BCUT2D eigenvalue weighted by atomic mass is 10.1. The Morgan fingerprint density at radius 3 is 2.50 bits per heavy atom. The molecule has 0 amide bonds. The van der Waals surface area contributed by atoms with Crippen LogP contribution in [0.5, 0.6) is 0 Å². The van der Waals surface area contributed by atoms with E-state index < -0.39 is 0 Å². The fraction of sp³-hybridized carbons (Fsp3) is 0.750.